The number of ether oxygens (including phenoxy) is 2. The van der Waals surface area contributed by atoms with E-state index in [2.05, 4.69) is 14.7 Å². The molecule has 1 N–H and O–H groups in total. The number of aromatic amines is 1. The minimum absolute atomic E-state index is 0.0247. The molecule has 6 nitrogen and oxygen atoms in total. The Balaban J connectivity index is 2.78. The summed E-state index contributed by atoms with van der Waals surface area (Å²) in [6.07, 6.45) is 1.24. The summed E-state index contributed by atoms with van der Waals surface area (Å²) in [4.78, 5) is 28.8. The molecule has 0 aliphatic rings. The largest absolute Gasteiger partial charge is 0.463 e. The summed E-state index contributed by atoms with van der Waals surface area (Å²) in [5.41, 5.74) is -0.469. The van der Waals surface area contributed by atoms with E-state index in [0.717, 1.165) is 0 Å². The van der Waals surface area contributed by atoms with Crippen molar-refractivity contribution in [2.45, 2.75) is 26.4 Å². The summed E-state index contributed by atoms with van der Waals surface area (Å²) >= 11 is 0. The molecule has 6 heteroatoms. The highest BCUT2D eigenvalue weighted by atomic mass is 16.6. The molecular formula is C10H14N2O4. The molecule has 1 rings (SSSR count). The van der Waals surface area contributed by atoms with E-state index in [9.17, 15) is 9.59 Å². The molecule has 1 aromatic rings. The first-order valence-corrected chi connectivity index (χ1v) is 4.70. The summed E-state index contributed by atoms with van der Waals surface area (Å²) in [6.45, 7) is 5.26. The van der Waals surface area contributed by atoms with Crippen LogP contribution in [-0.2, 0) is 9.47 Å². The van der Waals surface area contributed by atoms with Crippen molar-refractivity contribution in [3.05, 3.63) is 17.7 Å². The highest BCUT2D eigenvalue weighted by molar-refractivity contribution is 5.91. The van der Waals surface area contributed by atoms with Crippen molar-refractivity contribution in [1.82, 2.24) is 9.97 Å². The van der Waals surface area contributed by atoms with Crippen LogP contribution in [0.2, 0.25) is 0 Å². The molecule has 0 bridgehead atoms. The standard InChI is InChI=1S/C10H14N2O4/c1-10(2,3)16-8(13)6-5-11-7(12-6)9(14)15-4/h5H,1-4H3,(H,11,12). The number of nitrogens with one attached hydrogen (secondary N) is 1. The second kappa shape index (κ2) is 4.34. The molecule has 0 saturated heterocycles. The minimum Gasteiger partial charge on any atom is -0.463 e. The molecule has 0 atom stereocenters. The zero-order valence-corrected chi connectivity index (χ0v) is 9.66. The van der Waals surface area contributed by atoms with Crippen molar-refractivity contribution < 1.29 is 19.1 Å². The van der Waals surface area contributed by atoms with Gasteiger partial charge in [0.15, 0.2) is 0 Å². The number of rotatable bonds is 2. The number of carbonyl (C=O) groups is 2. The lowest BCUT2D eigenvalue weighted by Gasteiger charge is -2.18. The van der Waals surface area contributed by atoms with E-state index in [-0.39, 0.29) is 11.5 Å². The van der Waals surface area contributed by atoms with Crippen LogP contribution in [-0.4, -0.2) is 34.6 Å². The zero-order valence-electron chi connectivity index (χ0n) is 9.66. The number of esters is 2. The van der Waals surface area contributed by atoms with Crippen LogP contribution in [0.25, 0.3) is 0 Å². The Labute approximate surface area is 93.0 Å². The maximum absolute atomic E-state index is 11.5. The molecule has 88 valence electrons. The predicted octanol–water partition coefficient (Wildman–Crippen LogP) is 1.15. The van der Waals surface area contributed by atoms with E-state index in [1.54, 1.807) is 20.8 Å². The van der Waals surface area contributed by atoms with E-state index in [1.165, 1.54) is 13.3 Å². The highest BCUT2D eigenvalue weighted by Crippen LogP contribution is 2.10. The molecule has 0 aliphatic carbocycles. The van der Waals surface area contributed by atoms with E-state index >= 15 is 0 Å². The van der Waals surface area contributed by atoms with Crippen LogP contribution in [0.1, 0.15) is 41.9 Å². The maximum Gasteiger partial charge on any atom is 0.374 e. The second-order valence-electron chi connectivity index (χ2n) is 4.14. The Kier molecular flexibility index (Phi) is 3.31. The molecule has 1 aromatic heterocycles. The quantitative estimate of drug-likeness (QED) is 0.765. The third kappa shape index (κ3) is 3.08. The number of hydrogen-bond donors (Lipinski definition) is 1. The number of hydrogen-bond acceptors (Lipinski definition) is 5. The van der Waals surface area contributed by atoms with E-state index < -0.39 is 17.5 Å². The van der Waals surface area contributed by atoms with E-state index in [0.29, 0.717) is 0 Å². The zero-order chi connectivity index (χ0) is 12.3. The van der Waals surface area contributed by atoms with Gasteiger partial charge in [-0.25, -0.2) is 14.6 Å². The fraction of sp³-hybridized carbons (Fsp3) is 0.500. The average molecular weight is 226 g/mol. The molecule has 1 heterocycles. The molecule has 0 radical (unpaired) electrons. The first kappa shape index (κ1) is 12.2. The molecule has 0 spiro atoms. The Hall–Kier alpha value is -1.85. The Morgan fingerprint density at radius 2 is 1.94 bits per heavy atom. The summed E-state index contributed by atoms with van der Waals surface area (Å²) in [7, 11) is 1.23. The summed E-state index contributed by atoms with van der Waals surface area (Å²) in [6, 6.07) is 0. The summed E-state index contributed by atoms with van der Waals surface area (Å²) in [5, 5.41) is 0. The normalized spacial score (nSPS) is 11.0. The molecule has 0 amide bonds. The monoisotopic (exact) mass is 226 g/mol. The lowest BCUT2D eigenvalue weighted by molar-refractivity contribution is 0.00634. The van der Waals surface area contributed by atoms with Gasteiger partial charge in [0.25, 0.3) is 0 Å². The van der Waals surface area contributed by atoms with Crippen molar-refractivity contribution in [3.8, 4) is 0 Å². The van der Waals surface area contributed by atoms with Crippen LogP contribution >= 0.6 is 0 Å². The number of H-pyrrole nitrogens is 1. The number of nitrogens with zero attached hydrogens (tertiary/aromatic N) is 1. The van der Waals surface area contributed by atoms with Gasteiger partial charge in [-0.2, -0.15) is 0 Å². The van der Waals surface area contributed by atoms with Crippen LogP contribution in [0.3, 0.4) is 0 Å². The SMILES string of the molecule is COC(=O)c1ncc(C(=O)OC(C)(C)C)[nH]1. The fourth-order valence-electron chi connectivity index (χ4n) is 0.958. The van der Waals surface area contributed by atoms with Crippen molar-refractivity contribution in [2.75, 3.05) is 7.11 Å². The highest BCUT2D eigenvalue weighted by Gasteiger charge is 2.21. The molecule has 0 aromatic carbocycles. The molecule has 0 saturated carbocycles. The number of carbonyl (C=O) groups excluding carboxylic acids is 2. The van der Waals surface area contributed by atoms with Crippen LogP contribution in [0.4, 0.5) is 0 Å². The van der Waals surface area contributed by atoms with Gasteiger partial charge in [-0.15, -0.1) is 0 Å². The third-order valence-corrected chi connectivity index (χ3v) is 1.57. The summed E-state index contributed by atoms with van der Waals surface area (Å²) < 4.78 is 9.53. The van der Waals surface area contributed by atoms with Crippen LogP contribution in [0.15, 0.2) is 6.20 Å². The van der Waals surface area contributed by atoms with E-state index in [4.69, 9.17) is 4.74 Å². The van der Waals surface area contributed by atoms with Gasteiger partial charge in [-0.05, 0) is 20.8 Å². The number of aromatic nitrogens is 2. The first-order chi connectivity index (χ1) is 7.33. The molecular weight excluding hydrogens is 212 g/mol. The molecule has 0 fully saturated rings. The molecule has 16 heavy (non-hydrogen) atoms. The number of imidazole rings is 1. The van der Waals surface area contributed by atoms with Crippen LogP contribution in [0.5, 0.6) is 0 Å². The van der Waals surface area contributed by atoms with Gasteiger partial charge in [0.1, 0.15) is 11.3 Å². The van der Waals surface area contributed by atoms with E-state index in [1.807, 2.05) is 0 Å². The van der Waals surface area contributed by atoms with Crippen LogP contribution in [0, 0.1) is 0 Å². The third-order valence-electron chi connectivity index (χ3n) is 1.57. The predicted molar refractivity (Wildman–Crippen MR) is 55.1 cm³/mol. The Morgan fingerprint density at radius 1 is 1.31 bits per heavy atom. The smallest absolute Gasteiger partial charge is 0.374 e. The van der Waals surface area contributed by atoms with Gasteiger partial charge in [-0.1, -0.05) is 0 Å². The van der Waals surface area contributed by atoms with Crippen LogP contribution < -0.4 is 0 Å². The lowest BCUT2D eigenvalue weighted by Crippen LogP contribution is -2.24. The maximum atomic E-state index is 11.5. The van der Waals surface area contributed by atoms with Crippen molar-refractivity contribution in [3.63, 3.8) is 0 Å². The first-order valence-electron chi connectivity index (χ1n) is 4.70. The second-order valence-corrected chi connectivity index (χ2v) is 4.14. The summed E-state index contributed by atoms with van der Waals surface area (Å²) in [5.74, 6) is -1.21. The van der Waals surface area contributed by atoms with Gasteiger partial charge < -0.3 is 14.5 Å². The van der Waals surface area contributed by atoms with Crippen molar-refractivity contribution in [2.24, 2.45) is 0 Å². The van der Waals surface area contributed by atoms with Gasteiger partial charge >= 0.3 is 11.9 Å². The van der Waals surface area contributed by atoms with Gasteiger partial charge in [-0.3, -0.25) is 0 Å². The topological polar surface area (TPSA) is 81.3 Å². The lowest BCUT2D eigenvalue weighted by atomic mass is 10.2. The van der Waals surface area contributed by atoms with Gasteiger partial charge in [0.2, 0.25) is 5.82 Å². The Bertz CT molecular complexity index is 403. The Morgan fingerprint density at radius 3 is 2.44 bits per heavy atom. The van der Waals surface area contributed by atoms with Gasteiger partial charge in [0, 0.05) is 0 Å². The average Bonchev–Trinajstić information content (AvgIpc) is 2.62. The molecule has 0 unspecified atom stereocenters. The number of methoxy groups -OCH3 is 1. The minimum atomic E-state index is -0.630. The molecule has 0 aliphatic heterocycles. The fourth-order valence-corrected chi connectivity index (χ4v) is 0.958. The van der Waals surface area contributed by atoms with Crippen molar-refractivity contribution in [1.29, 1.82) is 0 Å². The van der Waals surface area contributed by atoms with Crippen molar-refractivity contribution >= 4 is 11.9 Å². The van der Waals surface area contributed by atoms with Gasteiger partial charge in [0.05, 0.1) is 13.3 Å².